The number of fused-ring (bicyclic) bond motifs is 1. The van der Waals surface area contributed by atoms with Gasteiger partial charge in [-0.05, 0) is 43.9 Å². The van der Waals surface area contributed by atoms with Gasteiger partial charge in [-0.1, -0.05) is 25.0 Å². The van der Waals surface area contributed by atoms with Gasteiger partial charge in [-0.3, -0.25) is 4.79 Å². The lowest BCUT2D eigenvalue weighted by Crippen LogP contribution is -2.51. The Balaban J connectivity index is 1.42. The molecule has 4 rings (SSSR count). The molecule has 1 unspecified atom stereocenters. The van der Waals surface area contributed by atoms with Gasteiger partial charge in [0, 0.05) is 25.7 Å². The van der Waals surface area contributed by atoms with E-state index in [2.05, 4.69) is 21.6 Å². The van der Waals surface area contributed by atoms with Gasteiger partial charge in [-0.25, -0.2) is 0 Å². The number of methoxy groups -OCH3 is 1. The fourth-order valence-corrected chi connectivity index (χ4v) is 5.01. The number of hydrogen-bond acceptors (Lipinski definition) is 4. The summed E-state index contributed by atoms with van der Waals surface area (Å²) in [5.74, 6) is 1.71. The molecule has 25 heavy (non-hydrogen) atoms. The van der Waals surface area contributed by atoms with Gasteiger partial charge >= 0.3 is 0 Å². The normalized spacial score (nSPS) is 31.6. The number of hydrogen-bond donors (Lipinski definition) is 2. The second-order valence-electron chi connectivity index (χ2n) is 7.81. The van der Waals surface area contributed by atoms with E-state index in [4.69, 9.17) is 4.74 Å². The van der Waals surface area contributed by atoms with Crippen molar-refractivity contribution < 1.29 is 9.53 Å². The van der Waals surface area contributed by atoms with Crippen molar-refractivity contribution >= 4 is 11.6 Å². The molecule has 1 aliphatic carbocycles. The van der Waals surface area contributed by atoms with E-state index in [0.29, 0.717) is 5.92 Å². The number of anilines is 1. The topological polar surface area (TPSA) is 53.6 Å². The summed E-state index contributed by atoms with van der Waals surface area (Å²) in [6.45, 7) is 3.68. The molecular weight excluding hydrogens is 314 g/mol. The third-order valence-electron chi connectivity index (χ3n) is 6.44. The van der Waals surface area contributed by atoms with Gasteiger partial charge in [-0.15, -0.1) is 0 Å². The minimum Gasteiger partial charge on any atom is -0.495 e. The maximum absolute atomic E-state index is 13.1. The number of para-hydroxylation sites is 2. The van der Waals surface area contributed by atoms with Crippen LogP contribution in [-0.2, 0) is 4.79 Å². The molecule has 3 atom stereocenters. The van der Waals surface area contributed by atoms with Crippen molar-refractivity contribution in [2.45, 2.75) is 38.1 Å². The quantitative estimate of drug-likeness (QED) is 0.880. The van der Waals surface area contributed by atoms with E-state index in [1.165, 1.54) is 19.3 Å². The van der Waals surface area contributed by atoms with Crippen molar-refractivity contribution in [2.75, 3.05) is 38.2 Å². The van der Waals surface area contributed by atoms with Crippen molar-refractivity contribution in [3.05, 3.63) is 24.3 Å². The van der Waals surface area contributed by atoms with E-state index in [-0.39, 0.29) is 17.4 Å². The minimum atomic E-state index is -0.157. The standard InChI is InChI=1S/C20H29N3O2/c1-25-18-8-3-2-7-17(18)23-11-9-16(13-23)22-19(24)20-10-5-4-6-15(20)12-21-14-20/h2-3,7-8,15-16,21H,4-6,9-14H2,1H3,(H,22,24)/t15-,16?,20+/m0/s1. The average Bonchev–Trinajstić information content (AvgIpc) is 3.29. The van der Waals surface area contributed by atoms with Crippen molar-refractivity contribution in [2.24, 2.45) is 11.3 Å². The fourth-order valence-electron chi connectivity index (χ4n) is 5.01. The molecule has 3 aliphatic rings. The van der Waals surface area contributed by atoms with Crippen LogP contribution in [-0.4, -0.2) is 45.2 Å². The van der Waals surface area contributed by atoms with Gasteiger partial charge in [0.05, 0.1) is 18.2 Å². The Labute approximate surface area is 150 Å². The molecule has 2 aliphatic heterocycles. The van der Waals surface area contributed by atoms with Gasteiger partial charge in [0.25, 0.3) is 0 Å². The van der Waals surface area contributed by atoms with Crippen LogP contribution < -0.4 is 20.3 Å². The van der Waals surface area contributed by atoms with Crippen LogP contribution in [0.15, 0.2) is 24.3 Å². The van der Waals surface area contributed by atoms with Gasteiger partial charge in [0.1, 0.15) is 5.75 Å². The smallest absolute Gasteiger partial charge is 0.228 e. The molecule has 0 spiro atoms. The zero-order valence-electron chi connectivity index (χ0n) is 15.1. The molecule has 0 bridgehead atoms. The van der Waals surface area contributed by atoms with Crippen molar-refractivity contribution in [1.82, 2.24) is 10.6 Å². The molecule has 0 aromatic heterocycles. The summed E-state index contributed by atoms with van der Waals surface area (Å²) in [6, 6.07) is 8.36. The maximum Gasteiger partial charge on any atom is 0.228 e. The first kappa shape index (κ1) is 16.7. The summed E-state index contributed by atoms with van der Waals surface area (Å²) < 4.78 is 5.49. The molecule has 5 nitrogen and oxygen atoms in total. The lowest BCUT2D eigenvalue weighted by atomic mass is 9.67. The van der Waals surface area contributed by atoms with E-state index in [0.717, 1.165) is 50.5 Å². The Morgan fingerprint density at radius 3 is 3.08 bits per heavy atom. The second-order valence-corrected chi connectivity index (χ2v) is 7.81. The first-order valence-corrected chi connectivity index (χ1v) is 9.62. The summed E-state index contributed by atoms with van der Waals surface area (Å²) in [4.78, 5) is 15.5. The lowest BCUT2D eigenvalue weighted by molar-refractivity contribution is -0.134. The highest BCUT2D eigenvalue weighted by Crippen LogP contribution is 2.44. The first-order chi connectivity index (χ1) is 12.2. The predicted molar refractivity (Wildman–Crippen MR) is 99.0 cm³/mol. The Kier molecular flexibility index (Phi) is 4.59. The highest BCUT2D eigenvalue weighted by molar-refractivity contribution is 5.84. The van der Waals surface area contributed by atoms with Crippen LogP contribution >= 0.6 is 0 Å². The summed E-state index contributed by atoms with van der Waals surface area (Å²) in [5, 5.41) is 6.86. The Hall–Kier alpha value is -1.75. The van der Waals surface area contributed by atoms with E-state index in [9.17, 15) is 4.79 Å². The maximum atomic E-state index is 13.1. The van der Waals surface area contributed by atoms with Crippen LogP contribution in [0.5, 0.6) is 5.75 Å². The van der Waals surface area contributed by atoms with E-state index < -0.39 is 0 Å². The van der Waals surface area contributed by atoms with Crippen LogP contribution in [0.3, 0.4) is 0 Å². The minimum absolute atomic E-state index is 0.157. The molecular formula is C20H29N3O2. The van der Waals surface area contributed by atoms with Gasteiger partial charge in [0.15, 0.2) is 0 Å². The zero-order chi connectivity index (χ0) is 17.3. The summed E-state index contributed by atoms with van der Waals surface area (Å²) in [6.07, 6.45) is 5.69. The molecule has 136 valence electrons. The number of ether oxygens (including phenoxy) is 1. The van der Waals surface area contributed by atoms with Crippen LogP contribution in [0.25, 0.3) is 0 Å². The Morgan fingerprint density at radius 1 is 1.32 bits per heavy atom. The number of carbonyl (C=O) groups excluding carboxylic acids is 1. The van der Waals surface area contributed by atoms with E-state index >= 15 is 0 Å². The number of amides is 1. The molecule has 3 fully saturated rings. The van der Waals surface area contributed by atoms with Crippen LogP contribution in [0.2, 0.25) is 0 Å². The van der Waals surface area contributed by atoms with Crippen LogP contribution in [0.1, 0.15) is 32.1 Å². The molecule has 1 saturated carbocycles. The number of benzene rings is 1. The molecule has 5 heteroatoms. The van der Waals surface area contributed by atoms with Gasteiger partial charge in [-0.2, -0.15) is 0 Å². The molecule has 0 radical (unpaired) electrons. The molecule has 2 saturated heterocycles. The van der Waals surface area contributed by atoms with Crippen molar-refractivity contribution in [3.63, 3.8) is 0 Å². The fraction of sp³-hybridized carbons (Fsp3) is 0.650. The lowest BCUT2D eigenvalue weighted by Gasteiger charge is -2.38. The Bertz CT molecular complexity index is 635. The predicted octanol–water partition coefficient (Wildman–Crippen LogP) is 2.17. The highest BCUT2D eigenvalue weighted by atomic mass is 16.5. The monoisotopic (exact) mass is 343 g/mol. The molecule has 1 aromatic rings. The average molecular weight is 343 g/mol. The largest absolute Gasteiger partial charge is 0.495 e. The summed E-state index contributed by atoms with van der Waals surface area (Å²) >= 11 is 0. The Morgan fingerprint density at radius 2 is 2.20 bits per heavy atom. The summed E-state index contributed by atoms with van der Waals surface area (Å²) in [7, 11) is 1.71. The molecule has 1 amide bonds. The number of carbonyl (C=O) groups is 1. The highest BCUT2D eigenvalue weighted by Gasteiger charge is 2.50. The summed E-state index contributed by atoms with van der Waals surface area (Å²) in [5.41, 5.74) is 0.966. The van der Waals surface area contributed by atoms with E-state index in [1.54, 1.807) is 7.11 Å². The van der Waals surface area contributed by atoms with Crippen LogP contribution in [0.4, 0.5) is 5.69 Å². The first-order valence-electron chi connectivity index (χ1n) is 9.62. The van der Waals surface area contributed by atoms with E-state index in [1.807, 2.05) is 18.2 Å². The SMILES string of the molecule is COc1ccccc1N1CCC(NC(=O)[C@@]23CCCC[C@H]2CNC3)C1. The third-order valence-corrected chi connectivity index (χ3v) is 6.44. The van der Waals surface area contributed by atoms with Crippen LogP contribution in [0, 0.1) is 11.3 Å². The second kappa shape index (κ2) is 6.87. The third kappa shape index (κ3) is 2.99. The molecule has 2 N–H and O–H groups in total. The number of nitrogens with one attached hydrogen (secondary N) is 2. The number of nitrogens with zero attached hydrogens (tertiary/aromatic N) is 1. The van der Waals surface area contributed by atoms with Gasteiger partial charge < -0.3 is 20.3 Å². The zero-order valence-corrected chi connectivity index (χ0v) is 15.1. The number of rotatable bonds is 4. The van der Waals surface area contributed by atoms with Gasteiger partial charge in [0.2, 0.25) is 5.91 Å². The van der Waals surface area contributed by atoms with Crippen molar-refractivity contribution in [1.29, 1.82) is 0 Å². The van der Waals surface area contributed by atoms with Crippen molar-refractivity contribution in [3.8, 4) is 5.75 Å². The molecule has 2 heterocycles. The molecule has 1 aromatic carbocycles.